The van der Waals surface area contributed by atoms with E-state index in [1.165, 1.54) is 0 Å². The fourth-order valence-electron chi connectivity index (χ4n) is 0.289. The molecule has 0 atom stereocenters. The summed E-state index contributed by atoms with van der Waals surface area (Å²) in [5.41, 5.74) is 5.10. The topological polar surface area (TPSA) is 46.2 Å². The van der Waals surface area contributed by atoms with Crippen LogP contribution in [-0.2, 0) is 0 Å². The molecule has 42 valence electrons. The largest absolute Gasteiger partial charge is 0.396 e. The van der Waals surface area contributed by atoms with E-state index in [-0.39, 0.29) is 6.61 Å². The summed E-state index contributed by atoms with van der Waals surface area (Å²) in [6, 6.07) is 0. The molecule has 0 unspecified atom stereocenters. The van der Waals surface area contributed by atoms with E-state index in [0.29, 0.717) is 6.54 Å². The van der Waals surface area contributed by atoms with Gasteiger partial charge in [-0.25, -0.2) is 0 Å². The molecule has 7 heavy (non-hydrogen) atoms. The first-order valence-corrected chi connectivity index (χ1v) is 2.37. The molecular formula is C5H11NO. The Morgan fingerprint density at radius 2 is 2.14 bits per heavy atom. The standard InChI is InChI=1S/C5H11NO/c6-4-2-1-3-5-7/h1-2,7H,3-6H2. The fourth-order valence-corrected chi connectivity index (χ4v) is 0.289. The van der Waals surface area contributed by atoms with Gasteiger partial charge in [0.05, 0.1) is 0 Å². The lowest BCUT2D eigenvalue weighted by atomic mass is 10.4. The number of aliphatic hydroxyl groups excluding tert-OH is 1. The molecule has 0 aliphatic carbocycles. The van der Waals surface area contributed by atoms with E-state index in [0.717, 1.165) is 6.42 Å². The highest BCUT2D eigenvalue weighted by Crippen LogP contribution is 1.75. The maximum absolute atomic E-state index is 8.20. The first-order valence-electron chi connectivity index (χ1n) is 2.37. The number of nitrogens with two attached hydrogens (primary N) is 1. The molecule has 0 saturated heterocycles. The van der Waals surface area contributed by atoms with Crippen LogP contribution in [0.2, 0.25) is 0 Å². The predicted molar refractivity (Wildman–Crippen MR) is 29.9 cm³/mol. The predicted octanol–water partition coefficient (Wildman–Crippen LogP) is -0.116. The zero-order chi connectivity index (χ0) is 5.54. The van der Waals surface area contributed by atoms with Crippen molar-refractivity contribution >= 4 is 0 Å². The molecule has 0 amide bonds. The highest BCUT2D eigenvalue weighted by Gasteiger charge is 1.68. The normalized spacial score (nSPS) is 10.6. The van der Waals surface area contributed by atoms with Gasteiger partial charge >= 0.3 is 0 Å². The van der Waals surface area contributed by atoms with Crippen LogP contribution in [0.4, 0.5) is 0 Å². The summed E-state index contributed by atoms with van der Waals surface area (Å²) in [5, 5.41) is 8.20. The average Bonchev–Trinajstić information content (AvgIpc) is 1.69. The van der Waals surface area contributed by atoms with E-state index in [4.69, 9.17) is 10.8 Å². The van der Waals surface area contributed by atoms with E-state index in [9.17, 15) is 0 Å². The molecule has 0 aromatic carbocycles. The van der Waals surface area contributed by atoms with Crippen LogP contribution in [0.3, 0.4) is 0 Å². The van der Waals surface area contributed by atoms with Crippen LogP contribution in [0.1, 0.15) is 6.42 Å². The van der Waals surface area contributed by atoms with Gasteiger partial charge < -0.3 is 10.8 Å². The Hall–Kier alpha value is -0.340. The average molecular weight is 101 g/mol. The van der Waals surface area contributed by atoms with Gasteiger partial charge in [0.2, 0.25) is 0 Å². The summed E-state index contributed by atoms with van der Waals surface area (Å²) in [7, 11) is 0. The minimum absolute atomic E-state index is 0.219. The quantitative estimate of drug-likeness (QED) is 0.487. The van der Waals surface area contributed by atoms with Gasteiger partial charge in [0.15, 0.2) is 0 Å². The lowest BCUT2D eigenvalue weighted by molar-refractivity contribution is 0.302. The van der Waals surface area contributed by atoms with Gasteiger partial charge in [-0.2, -0.15) is 0 Å². The van der Waals surface area contributed by atoms with Crippen molar-refractivity contribution in [3.05, 3.63) is 12.2 Å². The summed E-state index contributed by atoms with van der Waals surface area (Å²) in [6.45, 7) is 0.788. The van der Waals surface area contributed by atoms with Crippen LogP contribution in [0.5, 0.6) is 0 Å². The number of aliphatic hydroxyl groups is 1. The molecule has 0 fully saturated rings. The molecular weight excluding hydrogens is 90.1 g/mol. The third-order valence-electron chi connectivity index (χ3n) is 0.599. The van der Waals surface area contributed by atoms with E-state index >= 15 is 0 Å². The van der Waals surface area contributed by atoms with Gasteiger partial charge in [-0.3, -0.25) is 0 Å². The van der Waals surface area contributed by atoms with Crippen molar-refractivity contribution in [3.8, 4) is 0 Å². The van der Waals surface area contributed by atoms with Crippen molar-refractivity contribution in [1.82, 2.24) is 0 Å². The first-order chi connectivity index (χ1) is 3.41. The molecule has 0 spiro atoms. The van der Waals surface area contributed by atoms with Gasteiger partial charge in [-0.15, -0.1) is 0 Å². The van der Waals surface area contributed by atoms with Crippen LogP contribution in [-0.4, -0.2) is 18.3 Å². The van der Waals surface area contributed by atoms with Crippen LogP contribution in [0.15, 0.2) is 12.2 Å². The summed E-state index contributed by atoms with van der Waals surface area (Å²) >= 11 is 0. The molecule has 0 aliphatic heterocycles. The Labute approximate surface area is 43.6 Å². The molecule has 0 aliphatic rings. The maximum Gasteiger partial charge on any atom is 0.0465 e. The van der Waals surface area contributed by atoms with E-state index < -0.39 is 0 Å². The van der Waals surface area contributed by atoms with Crippen molar-refractivity contribution in [2.24, 2.45) is 5.73 Å². The summed E-state index contributed by atoms with van der Waals surface area (Å²) in [4.78, 5) is 0. The lowest BCUT2D eigenvalue weighted by Crippen LogP contribution is -1.92. The van der Waals surface area contributed by atoms with Gasteiger partial charge in [-0.05, 0) is 6.42 Å². The Morgan fingerprint density at radius 1 is 1.43 bits per heavy atom. The van der Waals surface area contributed by atoms with Crippen LogP contribution < -0.4 is 5.73 Å². The summed E-state index contributed by atoms with van der Waals surface area (Å²) in [5.74, 6) is 0. The lowest BCUT2D eigenvalue weighted by Gasteiger charge is -1.80. The van der Waals surface area contributed by atoms with Crippen molar-refractivity contribution < 1.29 is 5.11 Å². The van der Waals surface area contributed by atoms with Crippen LogP contribution in [0.25, 0.3) is 0 Å². The van der Waals surface area contributed by atoms with Crippen molar-refractivity contribution in [3.63, 3.8) is 0 Å². The Morgan fingerprint density at radius 3 is 2.57 bits per heavy atom. The fraction of sp³-hybridized carbons (Fsp3) is 0.600. The van der Waals surface area contributed by atoms with Gasteiger partial charge in [0, 0.05) is 13.2 Å². The van der Waals surface area contributed by atoms with Crippen LogP contribution >= 0.6 is 0 Å². The van der Waals surface area contributed by atoms with Gasteiger partial charge in [0.25, 0.3) is 0 Å². The van der Waals surface area contributed by atoms with Crippen molar-refractivity contribution in [2.45, 2.75) is 6.42 Å². The Kier molecular flexibility index (Phi) is 5.39. The number of hydrogen-bond donors (Lipinski definition) is 2. The monoisotopic (exact) mass is 101 g/mol. The molecule has 0 radical (unpaired) electrons. The molecule has 2 heteroatoms. The van der Waals surface area contributed by atoms with Crippen molar-refractivity contribution in [2.75, 3.05) is 13.2 Å². The van der Waals surface area contributed by atoms with Crippen LogP contribution in [0, 0.1) is 0 Å². The minimum Gasteiger partial charge on any atom is -0.396 e. The zero-order valence-corrected chi connectivity index (χ0v) is 4.30. The Bertz CT molecular complexity index is 52.0. The molecule has 0 heterocycles. The van der Waals surface area contributed by atoms with Crippen molar-refractivity contribution in [1.29, 1.82) is 0 Å². The molecule has 0 aromatic rings. The second-order valence-electron chi connectivity index (χ2n) is 1.22. The number of hydrogen-bond acceptors (Lipinski definition) is 2. The summed E-state index contributed by atoms with van der Waals surface area (Å²) in [6.07, 6.45) is 4.41. The number of rotatable bonds is 3. The van der Waals surface area contributed by atoms with E-state index in [2.05, 4.69) is 0 Å². The van der Waals surface area contributed by atoms with Gasteiger partial charge in [0.1, 0.15) is 0 Å². The third kappa shape index (κ3) is 5.66. The maximum atomic E-state index is 8.20. The highest BCUT2D eigenvalue weighted by molar-refractivity contribution is 4.81. The van der Waals surface area contributed by atoms with E-state index in [1.54, 1.807) is 0 Å². The molecule has 0 bridgehead atoms. The second kappa shape index (κ2) is 5.66. The first kappa shape index (κ1) is 6.66. The molecule has 3 N–H and O–H groups in total. The molecule has 0 saturated carbocycles. The zero-order valence-electron chi connectivity index (χ0n) is 4.30. The van der Waals surface area contributed by atoms with E-state index in [1.807, 2.05) is 12.2 Å². The SMILES string of the molecule is NCC=CCCO. The highest BCUT2D eigenvalue weighted by atomic mass is 16.2. The molecule has 0 aromatic heterocycles. The third-order valence-corrected chi connectivity index (χ3v) is 0.599. The second-order valence-corrected chi connectivity index (χ2v) is 1.22. The van der Waals surface area contributed by atoms with Gasteiger partial charge in [-0.1, -0.05) is 12.2 Å². The summed E-state index contributed by atoms with van der Waals surface area (Å²) < 4.78 is 0. The molecule has 2 nitrogen and oxygen atoms in total. The minimum atomic E-state index is 0.219. The Balaban J connectivity index is 2.78. The smallest absolute Gasteiger partial charge is 0.0465 e. The molecule has 0 rings (SSSR count).